The number of methoxy groups -OCH3 is 1. The highest BCUT2D eigenvalue weighted by atomic mass is 16.5. The lowest BCUT2D eigenvalue weighted by Gasteiger charge is -2.35. The maximum atomic E-state index is 12.5. The van der Waals surface area contributed by atoms with Crippen molar-refractivity contribution in [2.75, 3.05) is 13.7 Å². The highest BCUT2D eigenvalue weighted by Gasteiger charge is 2.25. The van der Waals surface area contributed by atoms with Gasteiger partial charge in [-0.15, -0.1) is 0 Å². The molecule has 4 nitrogen and oxygen atoms in total. The van der Waals surface area contributed by atoms with Crippen molar-refractivity contribution in [2.24, 2.45) is 0 Å². The summed E-state index contributed by atoms with van der Waals surface area (Å²) in [5, 5.41) is 9.57. The van der Waals surface area contributed by atoms with Crippen LogP contribution in [-0.4, -0.2) is 35.6 Å². The molecule has 1 amide bonds. The Kier molecular flexibility index (Phi) is 4.88. The van der Waals surface area contributed by atoms with E-state index in [2.05, 4.69) is 6.92 Å². The van der Waals surface area contributed by atoms with Crippen LogP contribution in [0.3, 0.4) is 0 Å². The van der Waals surface area contributed by atoms with Crippen LogP contribution in [0.5, 0.6) is 11.5 Å². The maximum absolute atomic E-state index is 12.5. The molecule has 1 unspecified atom stereocenters. The summed E-state index contributed by atoms with van der Waals surface area (Å²) in [6, 6.07) is 5.25. The number of carbonyl (C=O) groups is 1. The molecule has 1 N–H and O–H groups in total. The zero-order valence-electron chi connectivity index (χ0n) is 12.3. The number of rotatable bonds is 4. The molecule has 0 aromatic heterocycles. The topological polar surface area (TPSA) is 49.8 Å². The molecule has 4 heteroatoms. The molecule has 1 aromatic rings. The number of carbonyl (C=O) groups excluding carboxylic acids is 1. The molecule has 1 atom stereocenters. The number of benzene rings is 1. The van der Waals surface area contributed by atoms with E-state index in [1.807, 2.05) is 4.90 Å². The van der Waals surface area contributed by atoms with Gasteiger partial charge in [0.15, 0.2) is 0 Å². The Balaban J connectivity index is 2.12. The van der Waals surface area contributed by atoms with Gasteiger partial charge in [0.05, 0.1) is 13.5 Å². The number of hydrogen-bond acceptors (Lipinski definition) is 3. The number of aromatic hydroxyl groups is 1. The highest BCUT2D eigenvalue weighted by Crippen LogP contribution is 2.26. The lowest BCUT2D eigenvalue weighted by Crippen LogP contribution is -2.44. The predicted octanol–water partition coefficient (Wildman–Crippen LogP) is 2.73. The van der Waals surface area contributed by atoms with E-state index in [1.54, 1.807) is 25.3 Å². The number of likely N-dealkylation sites (tertiary alicyclic amines) is 1. The van der Waals surface area contributed by atoms with Gasteiger partial charge < -0.3 is 14.7 Å². The van der Waals surface area contributed by atoms with Crippen LogP contribution in [0.4, 0.5) is 0 Å². The minimum atomic E-state index is 0.125. The van der Waals surface area contributed by atoms with E-state index >= 15 is 0 Å². The quantitative estimate of drug-likeness (QED) is 0.920. The lowest BCUT2D eigenvalue weighted by molar-refractivity contribution is -0.134. The van der Waals surface area contributed by atoms with E-state index in [-0.39, 0.29) is 18.1 Å². The Labute approximate surface area is 120 Å². The van der Waals surface area contributed by atoms with Crippen LogP contribution < -0.4 is 4.74 Å². The number of amides is 1. The molecule has 1 aliphatic rings. The van der Waals surface area contributed by atoms with Gasteiger partial charge in [0.2, 0.25) is 5.91 Å². The van der Waals surface area contributed by atoms with Crippen LogP contribution in [0.2, 0.25) is 0 Å². The summed E-state index contributed by atoms with van der Waals surface area (Å²) in [5.74, 6) is 0.945. The number of hydrogen-bond donors (Lipinski definition) is 1. The van der Waals surface area contributed by atoms with Crippen LogP contribution in [0.1, 0.15) is 38.2 Å². The molecule has 0 aliphatic carbocycles. The first-order valence-electron chi connectivity index (χ1n) is 7.31. The third-order valence-corrected chi connectivity index (χ3v) is 4.02. The SMILES string of the molecule is CCC1CCCCN1C(=O)Cc1cc(O)ccc1OC. The second-order valence-corrected chi connectivity index (χ2v) is 5.32. The lowest BCUT2D eigenvalue weighted by atomic mass is 9.98. The minimum Gasteiger partial charge on any atom is -0.508 e. The summed E-state index contributed by atoms with van der Waals surface area (Å²) in [5.41, 5.74) is 0.748. The normalized spacial score (nSPS) is 18.9. The average Bonchev–Trinajstić information content (AvgIpc) is 2.47. The van der Waals surface area contributed by atoms with Crippen molar-refractivity contribution in [3.8, 4) is 11.5 Å². The van der Waals surface area contributed by atoms with E-state index < -0.39 is 0 Å². The van der Waals surface area contributed by atoms with Crippen LogP contribution >= 0.6 is 0 Å². The standard InChI is InChI=1S/C16H23NO3/c1-3-13-6-4-5-9-17(13)16(19)11-12-10-14(18)7-8-15(12)20-2/h7-8,10,13,18H,3-6,9,11H2,1-2H3. The molecule has 0 saturated carbocycles. The van der Waals surface area contributed by atoms with Gasteiger partial charge in [-0.05, 0) is 43.9 Å². The molecular weight excluding hydrogens is 254 g/mol. The molecule has 0 radical (unpaired) electrons. The van der Waals surface area contributed by atoms with Crippen LogP contribution in [0.15, 0.2) is 18.2 Å². The molecule has 1 fully saturated rings. The van der Waals surface area contributed by atoms with Crippen molar-refractivity contribution in [1.29, 1.82) is 0 Å². The van der Waals surface area contributed by atoms with E-state index in [9.17, 15) is 9.90 Å². The smallest absolute Gasteiger partial charge is 0.227 e. The monoisotopic (exact) mass is 277 g/mol. The van der Waals surface area contributed by atoms with Gasteiger partial charge >= 0.3 is 0 Å². The van der Waals surface area contributed by atoms with E-state index in [0.29, 0.717) is 11.8 Å². The van der Waals surface area contributed by atoms with E-state index in [1.165, 1.54) is 6.42 Å². The molecule has 2 rings (SSSR count). The maximum Gasteiger partial charge on any atom is 0.227 e. The summed E-state index contributed by atoms with van der Waals surface area (Å²) in [6.07, 6.45) is 4.67. The number of ether oxygens (including phenoxy) is 1. The van der Waals surface area contributed by atoms with Gasteiger partial charge in [-0.25, -0.2) is 0 Å². The molecule has 1 heterocycles. The van der Waals surface area contributed by atoms with Gasteiger partial charge in [-0.2, -0.15) is 0 Å². The van der Waals surface area contributed by atoms with Crippen molar-refractivity contribution >= 4 is 5.91 Å². The molecule has 110 valence electrons. The molecule has 20 heavy (non-hydrogen) atoms. The van der Waals surface area contributed by atoms with Gasteiger partial charge in [-0.1, -0.05) is 6.92 Å². The predicted molar refractivity (Wildman–Crippen MR) is 78.0 cm³/mol. The Morgan fingerprint density at radius 2 is 2.25 bits per heavy atom. The fourth-order valence-corrected chi connectivity index (χ4v) is 2.92. The summed E-state index contributed by atoms with van der Waals surface area (Å²) in [4.78, 5) is 14.5. The summed E-state index contributed by atoms with van der Waals surface area (Å²) < 4.78 is 5.26. The van der Waals surface area contributed by atoms with Crippen LogP contribution in [0.25, 0.3) is 0 Å². The average molecular weight is 277 g/mol. The molecular formula is C16H23NO3. The summed E-state index contributed by atoms with van der Waals surface area (Å²) in [6.45, 7) is 2.98. The number of phenols is 1. The Morgan fingerprint density at radius 3 is 2.95 bits per heavy atom. The Morgan fingerprint density at radius 1 is 1.45 bits per heavy atom. The van der Waals surface area contributed by atoms with Crippen molar-refractivity contribution in [3.05, 3.63) is 23.8 Å². The molecule has 1 aromatic carbocycles. The highest BCUT2D eigenvalue weighted by molar-refractivity contribution is 5.80. The Hall–Kier alpha value is -1.71. The van der Waals surface area contributed by atoms with Gasteiger partial charge in [0.25, 0.3) is 0 Å². The van der Waals surface area contributed by atoms with Crippen LogP contribution in [-0.2, 0) is 11.2 Å². The third kappa shape index (κ3) is 3.24. The summed E-state index contributed by atoms with van der Waals surface area (Å²) in [7, 11) is 1.58. The summed E-state index contributed by atoms with van der Waals surface area (Å²) >= 11 is 0. The van der Waals surface area contributed by atoms with Gasteiger partial charge in [-0.3, -0.25) is 4.79 Å². The van der Waals surface area contributed by atoms with E-state index in [4.69, 9.17) is 4.74 Å². The number of nitrogens with zero attached hydrogens (tertiary/aromatic N) is 1. The molecule has 1 aliphatic heterocycles. The van der Waals surface area contributed by atoms with Gasteiger partial charge in [0.1, 0.15) is 11.5 Å². The van der Waals surface area contributed by atoms with Crippen molar-refractivity contribution in [3.63, 3.8) is 0 Å². The van der Waals surface area contributed by atoms with E-state index in [0.717, 1.165) is 31.4 Å². The zero-order chi connectivity index (χ0) is 14.5. The first-order chi connectivity index (χ1) is 9.65. The van der Waals surface area contributed by atoms with Crippen molar-refractivity contribution < 1.29 is 14.6 Å². The number of piperidine rings is 1. The third-order valence-electron chi connectivity index (χ3n) is 4.02. The van der Waals surface area contributed by atoms with Crippen LogP contribution in [0, 0.1) is 0 Å². The van der Waals surface area contributed by atoms with Crippen molar-refractivity contribution in [2.45, 2.75) is 45.1 Å². The second-order valence-electron chi connectivity index (χ2n) is 5.32. The minimum absolute atomic E-state index is 0.125. The number of phenolic OH excluding ortho intramolecular Hbond substituents is 1. The first-order valence-corrected chi connectivity index (χ1v) is 7.31. The second kappa shape index (κ2) is 6.64. The van der Waals surface area contributed by atoms with Gasteiger partial charge in [0, 0.05) is 18.2 Å². The molecule has 0 bridgehead atoms. The first kappa shape index (κ1) is 14.7. The van der Waals surface area contributed by atoms with Crippen molar-refractivity contribution in [1.82, 2.24) is 4.90 Å². The Bertz CT molecular complexity index is 473. The molecule has 0 spiro atoms. The molecule has 1 saturated heterocycles. The zero-order valence-corrected chi connectivity index (χ0v) is 12.3. The fourth-order valence-electron chi connectivity index (χ4n) is 2.92. The largest absolute Gasteiger partial charge is 0.508 e. The fraction of sp³-hybridized carbons (Fsp3) is 0.562.